The molecule has 0 unspecified atom stereocenters. The Morgan fingerprint density at radius 2 is 2.23 bits per heavy atom. The van der Waals surface area contributed by atoms with E-state index in [0.29, 0.717) is 5.56 Å². The Balaban J connectivity index is 2.52. The number of carbonyl (C=O) groups is 1. The zero-order valence-corrected chi connectivity index (χ0v) is 8.59. The summed E-state index contributed by atoms with van der Waals surface area (Å²) in [6.45, 7) is 0. The molecule has 0 aromatic heterocycles. The normalized spacial score (nSPS) is 16.0. The molecule has 1 aliphatic heterocycles. The van der Waals surface area contributed by atoms with Crippen molar-refractivity contribution in [3.8, 4) is 0 Å². The molecule has 1 aromatic rings. The molecule has 0 atom stereocenters. The monoisotopic (exact) mass is 288 g/mol. The van der Waals surface area contributed by atoms with Gasteiger partial charge in [0.05, 0.1) is 0 Å². The first-order valence-electron chi connectivity index (χ1n) is 3.48. The molecule has 0 fully saturated rings. The Morgan fingerprint density at radius 1 is 1.46 bits per heavy atom. The van der Waals surface area contributed by atoms with E-state index < -0.39 is 20.4 Å². The molecule has 0 bridgehead atoms. The van der Waals surface area contributed by atoms with E-state index in [1.807, 2.05) is 12.1 Å². The predicted octanol–water partition coefficient (Wildman–Crippen LogP) is 2.25. The number of hydrogen-bond acceptors (Lipinski definition) is 2. The average molecular weight is 288 g/mol. The molecule has 5 nitrogen and oxygen atoms in total. The van der Waals surface area contributed by atoms with E-state index in [-0.39, 0.29) is 5.91 Å². The van der Waals surface area contributed by atoms with E-state index in [9.17, 15) is 4.79 Å². The van der Waals surface area contributed by atoms with Gasteiger partial charge < -0.3 is 0 Å². The Hall–Kier alpha value is -1.27. The van der Waals surface area contributed by atoms with Crippen molar-refractivity contribution in [2.45, 2.75) is 0 Å². The van der Waals surface area contributed by atoms with Crippen LogP contribution in [0.15, 0.2) is 27.6 Å². The van der Waals surface area contributed by atoms with Crippen molar-refractivity contribution >= 4 is 26.3 Å². The molecule has 1 N–H and O–H groups in total. The topological polar surface area (TPSA) is 77.9 Å². The van der Waals surface area contributed by atoms with Crippen LogP contribution in [0, 0.1) is 3.57 Å². The standard InChI is InChI=1S/C7H5IN4O/c9-12-11-8-6-4-2-1-3-5(6)7(13)10-8/h1-4H,(H,10,13). The third kappa shape index (κ3) is 1.34. The molecule has 13 heavy (non-hydrogen) atoms. The van der Waals surface area contributed by atoms with Crippen molar-refractivity contribution in [3.63, 3.8) is 0 Å². The van der Waals surface area contributed by atoms with Gasteiger partial charge in [-0.15, -0.1) is 0 Å². The Labute approximate surface area is 81.9 Å². The van der Waals surface area contributed by atoms with Gasteiger partial charge in [0.2, 0.25) is 0 Å². The van der Waals surface area contributed by atoms with Gasteiger partial charge in [0.25, 0.3) is 0 Å². The Kier molecular flexibility index (Phi) is 2.07. The number of nitrogens with zero attached hydrogens (tertiary/aromatic N) is 3. The van der Waals surface area contributed by atoms with Gasteiger partial charge in [0, 0.05) is 0 Å². The van der Waals surface area contributed by atoms with Crippen molar-refractivity contribution in [1.82, 2.24) is 3.53 Å². The van der Waals surface area contributed by atoms with Crippen LogP contribution in [0.25, 0.3) is 10.4 Å². The summed E-state index contributed by atoms with van der Waals surface area (Å²) in [5.41, 5.74) is 8.94. The number of rotatable bonds is 1. The summed E-state index contributed by atoms with van der Waals surface area (Å²) in [4.78, 5) is 14.0. The molecule has 1 amide bonds. The van der Waals surface area contributed by atoms with Crippen LogP contribution in [0.4, 0.5) is 0 Å². The molecular weight excluding hydrogens is 283 g/mol. The number of nitrogens with one attached hydrogen (secondary N) is 1. The van der Waals surface area contributed by atoms with Crippen molar-refractivity contribution in [2.75, 3.05) is 0 Å². The number of halogens is 1. The van der Waals surface area contributed by atoms with Gasteiger partial charge in [0.1, 0.15) is 0 Å². The van der Waals surface area contributed by atoms with Crippen molar-refractivity contribution in [1.29, 1.82) is 0 Å². The van der Waals surface area contributed by atoms with Gasteiger partial charge >= 0.3 is 81.8 Å². The second kappa shape index (κ2) is 3.23. The van der Waals surface area contributed by atoms with Gasteiger partial charge in [-0.05, 0) is 0 Å². The van der Waals surface area contributed by atoms with Gasteiger partial charge in [-0.2, -0.15) is 0 Å². The summed E-state index contributed by atoms with van der Waals surface area (Å²) in [6.07, 6.45) is 0. The fraction of sp³-hybridized carbons (Fsp3) is 0. The van der Waals surface area contributed by atoms with Crippen molar-refractivity contribution < 1.29 is 4.79 Å². The van der Waals surface area contributed by atoms with Crippen LogP contribution in [0.2, 0.25) is 0 Å². The molecule has 1 heterocycles. The van der Waals surface area contributed by atoms with Gasteiger partial charge in [0.15, 0.2) is 0 Å². The number of hydrogen-bond donors (Lipinski definition) is 1. The molecule has 0 saturated heterocycles. The van der Waals surface area contributed by atoms with Gasteiger partial charge in [-0.25, -0.2) is 0 Å². The fourth-order valence-electron chi connectivity index (χ4n) is 1.08. The van der Waals surface area contributed by atoms with Crippen LogP contribution < -0.4 is 3.53 Å². The van der Waals surface area contributed by atoms with E-state index >= 15 is 0 Å². The molecule has 66 valence electrons. The van der Waals surface area contributed by atoms with Crippen LogP contribution in [-0.4, -0.2) is 5.91 Å². The Morgan fingerprint density at radius 3 is 3.00 bits per heavy atom. The maximum atomic E-state index is 11.3. The number of fused-ring (bicyclic) bond motifs is 1. The van der Waals surface area contributed by atoms with Crippen LogP contribution in [-0.2, 0) is 0 Å². The average Bonchev–Trinajstić information content (AvgIpc) is 2.46. The van der Waals surface area contributed by atoms with E-state index in [4.69, 9.17) is 5.53 Å². The van der Waals surface area contributed by atoms with Crippen LogP contribution in [0.3, 0.4) is 0 Å². The van der Waals surface area contributed by atoms with Crippen LogP contribution in [0.1, 0.15) is 10.4 Å². The Bertz CT molecular complexity index is 413. The van der Waals surface area contributed by atoms with Gasteiger partial charge in [-0.3, -0.25) is 0 Å². The molecule has 1 aromatic carbocycles. The first-order valence-corrected chi connectivity index (χ1v) is 6.60. The predicted molar refractivity (Wildman–Crippen MR) is 55.8 cm³/mol. The summed E-state index contributed by atoms with van der Waals surface area (Å²) in [5, 5.41) is 0. The van der Waals surface area contributed by atoms with Gasteiger partial charge in [-0.1, -0.05) is 0 Å². The molecule has 0 saturated carbocycles. The maximum absolute atomic E-state index is 11.3. The number of amides is 1. The molecule has 0 radical (unpaired) electrons. The molecular formula is C7H5IN4O. The van der Waals surface area contributed by atoms with Crippen LogP contribution in [0.5, 0.6) is 0 Å². The first-order chi connectivity index (χ1) is 6.33. The third-order valence-corrected chi connectivity index (χ3v) is 5.26. The second-order valence-electron chi connectivity index (χ2n) is 2.33. The summed E-state index contributed by atoms with van der Waals surface area (Å²) >= 11 is -2.10. The summed E-state index contributed by atoms with van der Waals surface area (Å²) in [7, 11) is 0. The fourth-order valence-corrected chi connectivity index (χ4v) is 4.18. The zero-order chi connectivity index (χ0) is 9.26. The number of azide groups is 1. The van der Waals surface area contributed by atoms with Crippen molar-refractivity contribution in [3.05, 3.63) is 43.8 Å². The second-order valence-corrected chi connectivity index (χ2v) is 5.97. The molecule has 2 rings (SSSR count). The molecule has 0 spiro atoms. The molecule has 6 heteroatoms. The summed E-state index contributed by atoms with van der Waals surface area (Å²) < 4.78 is 7.24. The summed E-state index contributed by atoms with van der Waals surface area (Å²) in [6, 6.07) is 7.23. The summed E-state index contributed by atoms with van der Waals surface area (Å²) in [5.74, 6) is -0.117. The number of benzene rings is 1. The number of carbonyl (C=O) groups excluding carboxylic acids is 1. The van der Waals surface area contributed by atoms with E-state index in [0.717, 1.165) is 3.57 Å². The third-order valence-electron chi connectivity index (χ3n) is 1.60. The van der Waals surface area contributed by atoms with E-state index in [1.165, 1.54) is 0 Å². The quantitative estimate of drug-likeness (QED) is 0.278. The minimum atomic E-state index is -2.10. The first kappa shape index (κ1) is 8.33. The van der Waals surface area contributed by atoms with E-state index in [2.05, 4.69) is 11.8 Å². The van der Waals surface area contributed by atoms with Crippen LogP contribution >= 0.6 is 20.4 Å². The van der Waals surface area contributed by atoms with Crippen molar-refractivity contribution in [2.24, 2.45) is 3.33 Å². The SMILES string of the molecule is [N-]=[N+]=NI1NC(=O)c2ccccc21. The zero-order valence-electron chi connectivity index (χ0n) is 6.44. The molecule has 0 aliphatic carbocycles. The minimum absolute atomic E-state index is 0.117. The molecule has 1 aliphatic rings. The van der Waals surface area contributed by atoms with E-state index in [1.54, 1.807) is 12.1 Å².